The maximum absolute atomic E-state index is 11.0. The maximum atomic E-state index is 11.0. The average molecular weight is 709 g/mol. The van der Waals surface area contributed by atoms with Crippen LogP contribution < -0.4 is 26.6 Å². The van der Waals surface area contributed by atoms with Crippen LogP contribution in [0.25, 0.3) is 0 Å². The number of nitrogens with one attached hydrogen (secondary N) is 5. The van der Waals surface area contributed by atoms with Crippen LogP contribution in [0.4, 0.5) is 35.7 Å². The monoisotopic (exact) mass is 708 g/mol. The molecular weight excluding hydrogens is 681 g/mol. The van der Waals surface area contributed by atoms with Crippen molar-refractivity contribution in [1.29, 1.82) is 0 Å². The SMILES string of the molecule is O=S(=O)(O)CCNc1nc(/N=C/CSOOO)nc(NCCNc2nc(NCCS(=O)(=O)O)nc(NCCS(=O)(=O)O)n2)n1. The smallest absolute Gasteiger partial charge is 0.266 e. The van der Waals surface area contributed by atoms with E-state index in [0.717, 1.165) is 0 Å². The van der Waals surface area contributed by atoms with Gasteiger partial charge in [0.1, 0.15) is 0 Å². The summed E-state index contributed by atoms with van der Waals surface area (Å²) in [6, 6.07) is 0. The molecule has 0 aliphatic heterocycles. The summed E-state index contributed by atoms with van der Waals surface area (Å²) in [4.78, 5) is 28.3. The highest BCUT2D eigenvalue weighted by Crippen LogP contribution is 2.13. The standard InChI is InChI=1S/C16H28N12O12S4/c29-39-40-41-7-3-19-13-23-11(24-14(27-13)20-4-8-42(30,31)32)17-1-2-18-12-25-15(21-5-9-43(33,34)35)28-16(26-12)22-6-10-44(36,37)38/h3,29H,1-2,4-10H2,(H,30,31,32)(H,33,34,35)(H,36,37,38)(H2,17,20,23,24,27)(H3,18,21,22,25,26,28)/b19-3+. The van der Waals surface area contributed by atoms with E-state index in [1.165, 1.54) is 6.21 Å². The molecule has 248 valence electrons. The fourth-order valence-electron chi connectivity index (χ4n) is 2.62. The van der Waals surface area contributed by atoms with Gasteiger partial charge in [-0.25, -0.2) is 10.2 Å². The molecule has 0 saturated carbocycles. The molecule has 28 heteroatoms. The van der Waals surface area contributed by atoms with Crippen LogP contribution in [0.3, 0.4) is 0 Å². The van der Waals surface area contributed by atoms with Crippen LogP contribution >= 0.6 is 12.0 Å². The van der Waals surface area contributed by atoms with E-state index < -0.39 is 47.6 Å². The summed E-state index contributed by atoms with van der Waals surface area (Å²) in [5, 5.41) is 25.1. The van der Waals surface area contributed by atoms with Crippen LogP contribution in [0, 0.1) is 0 Å². The van der Waals surface area contributed by atoms with Crippen LogP contribution in [0.5, 0.6) is 0 Å². The zero-order chi connectivity index (χ0) is 32.6. The van der Waals surface area contributed by atoms with E-state index in [0.29, 0.717) is 12.0 Å². The third kappa shape index (κ3) is 17.7. The van der Waals surface area contributed by atoms with Crippen LogP contribution in [-0.4, -0.2) is 136 Å². The molecule has 2 aromatic rings. The summed E-state index contributed by atoms with van der Waals surface area (Å²) < 4.78 is 96.8. The molecule has 0 unspecified atom stereocenters. The summed E-state index contributed by atoms with van der Waals surface area (Å²) in [6.07, 6.45) is 1.32. The predicted octanol–water partition coefficient (Wildman–Crippen LogP) is -1.75. The first-order chi connectivity index (χ1) is 20.6. The Balaban J connectivity index is 2.08. The first kappa shape index (κ1) is 36.8. The minimum Gasteiger partial charge on any atom is -0.353 e. The molecule has 2 heterocycles. The Morgan fingerprint density at radius 1 is 0.614 bits per heavy atom. The van der Waals surface area contributed by atoms with Crippen molar-refractivity contribution in [3.05, 3.63) is 0 Å². The van der Waals surface area contributed by atoms with E-state index in [2.05, 4.69) is 70.9 Å². The van der Waals surface area contributed by atoms with Crippen molar-refractivity contribution in [1.82, 2.24) is 29.9 Å². The number of nitrogens with zero attached hydrogens (tertiary/aromatic N) is 7. The van der Waals surface area contributed by atoms with Gasteiger partial charge >= 0.3 is 0 Å². The van der Waals surface area contributed by atoms with E-state index in [9.17, 15) is 25.3 Å². The van der Waals surface area contributed by atoms with Crippen molar-refractivity contribution in [3.8, 4) is 0 Å². The van der Waals surface area contributed by atoms with Gasteiger partial charge in [0.15, 0.2) is 0 Å². The van der Waals surface area contributed by atoms with Crippen molar-refractivity contribution >= 4 is 84.3 Å². The summed E-state index contributed by atoms with van der Waals surface area (Å²) >= 11 is 0.697. The molecule has 0 aliphatic carbocycles. The lowest BCUT2D eigenvalue weighted by molar-refractivity contribution is -0.432. The Hall–Kier alpha value is -3.35. The zero-order valence-corrected chi connectivity index (χ0v) is 25.5. The highest BCUT2D eigenvalue weighted by Gasteiger charge is 2.12. The third-order valence-corrected chi connectivity index (χ3v) is 6.91. The summed E-state index contributed by atoms with van der Waals surface area (Å²) in [7, 11) is -12.8. The van der Waals surface area contributed by atoms with Crippen LogP contribution in [0.2, 0.25) is 0 Å². The molecule has 0 fully saturated rings. The molecule has 24 nitrogen and oxygen atoms in total. The number of aromatic nitrogens is 6. The largest absolute Gasteiger partial charge is 0.353 e. The predicted molar refractivity (Wildman–Crippen MR) is 157 cm³/mol. The topological polar surface area (TPSA) is 352 Å². The average Bonchev–Trinajstić information content (AvgIpc) is 2.89. The molecule has 9 N–H and O–H groups in total. The van der Waals surface area contributed by atoms with E-state index in [-0.39, 0.29) is 74.2 Å². The number of anilines is 5. The molecule has 0 aromatic carbocycles. The van der Waals surface area contributed by atoms with Gasteiger partial charge in [-0.3, -0.25) is 13.7 Å². The number of aliphatic imine (C=N–C) groups is 1. The zero-order valence-electron chi connectivity index (χ0n) is 22.3. The van der Waals surface area contributed by atoms with Gasteiger partial charge in [0.2, 0.25) is 29.7 Å². The van der Waals surface area contributed by atoms with Gasteiger partial charge in [-0.15, -0.1) is 4.33 Å². The van der Waals surface area contributed by atoms with E-state index in [1.54, 1.807) is 0 Å². The molecule has 0 amide bonds. The van der Waals surface area contributed by atoms with Gasteiger partial charge in [-0.2, -0.15) is 55.2 Å². The van der Waals surface area contributed by atoms with E-state index in [4.69, 9.17) is 18.9 Å². The van der Waals surface area contributed by atoms with Gasteiger partial charge in [-0.05, 0) is 0 Å². The van der Waals surface area contributed by atoms with Crippen molar-refractivity contribution in [2.24, 2.45) is 4.99 Å². The minimum absolute atomic E-state index is 0.00156. The maximum Gasteiger partial charge on any atom is 0.266 e. The third-order valence-electron chi connectivity index (χ3n) is 4.31. The minimum atomic E-state index is -4.27. The first-order valence-corrected chi connectivity index (χ1v) is 17.5. The Morgan fingerprint density at radius 3 is 1.30 bits per heavy atom. The molecule has 0 saturated heterocycles. The lowest BCUT2D eigenvalue weighted by Gasteiger charge is -2.12. The second-order valence-electron chi connectivity index (χ2n) is 7.82. The Morgan fingerprint density at radius 2 is 0.955 bits per heavy atom. The van der Waals surface area contributed by atoms with Gasteiger partial charge in [0, 0.05) is 51.0 Å². The molecule has 0 atom stereocenters. The molecular formula is C16H28N12O12S4. The lowest BCUT2D eigenvalue weighted by atomic mass is 10.6. The molecule has 0 aliphatic rings. The number of hydrogen-bond donors (Lipinski definition) is 9. The normalized spacial score (nSPS) is 12.3. The van der Waals surface area contributed by atoms with E-state index >= 15 is 0 Å². The van der Waals surface area contributed by atoms with Crippen LogP contribution in [0.1, 0.15) is 0 Å². The molecule has 0 bridgehead atoms. The van der Waals surface area contributed by atoms with Crippen molar-refractivity contribution in [2.75, 3.05) is 82.3 Å². The number of rotatable bonds is 22. The van der Waals surface area contributed by atoms with Crippen LogP contribution in [0.15, 0.2) is 4.99 Å². The lowest BCUT2D eigenvalue weighted by Crippen LogP contribution is -2.21. The van der Waals surface area contributed by atoms with Gasteiger partial charge < -0.3 is 26.6 Å². The van der Waals surface area contributed by atoms with Crippen molar-refractivity contribution in [3.63, 3.8) is 0 Å². The fraction of sp³-hybridized carbons (Fsp3) is 0.562. The van der Waals surface area contributed by atoms with Crippen molar-refractivity contribution < 1.29 is 53.5 Å². The number of hydrogen-bond acceptors (Lipinski definition) is 22. The van der Waals surface area contributed by atoms with Crippen molar-refractivity contribution in [2.45, 2.75) is 0 Å². The molecule has 2 aromatic heterocycles. The highest BCUT2D eigenvalue weighted by molar-refractivity contribution is 7.95. The molecule has 2 rings (SSSR count). The van der Waals surface area contributed by atoms with E-state index in [1.807, 2.05) is 0 Å². The van der Waals surface area contributed by atoms with Crippen LogP contribution in [-0.2, 0) is 39.7 Å². The Bertz CT molecular complexity index is 1510. The van der Waals surface area contributed by atoms with Gasteiger partial charge in [0.25, 0.3) is 36.3 Å². The Kier molecular flexibility index (Phi) is 14.9. The Labute approximate surface area is 254 Å². The second kappa shape index (κ2) is 17.8. The molecule has 0 spiro atoms. The highest BCUT2D eigenvalue weighted by atomic mass is 32.2. The second-order valence-corrected chi connectivity index (χ2v) is 13.2. The first-order valence-electron chi connectivity index (χ1n) is 11.8. The quantitative estimate of drug-likeness (QED) is 0.0163. The fourth-order valence-corrected chi connectivity index (χ4v) is 3.93. The summed E-state index contributed by atoms with van der Waals surface area (Å²) in [6.45, 7) is -0.521. The van der Waals surface area contributed by atoms with Gasteiger partial charge in [-0.1, -0.05) is 5.04 Å². The molecule has 0 radical (unpaired) electrons. The van der Waals surface area contributed by atoms with Gasteiger partial charge in [0.05, 0.1) is 23.0 Å². The molecule has 44 heavy (non-hydrogen) atoms. The summed E-state index contributed by atoms with van der Waals surface area (Å²) in [5.41, 5.74) is 0. The summed E-state index contributed by atoms with van der Waals surface area (Å²) in [5.74, 6) is -2.25.